The van der Waals surface area contributed by atoms with Crippen LogP contribution in [0.1, 0.15) is 20.8 Å². The molecule has 0 N–H and O–H groups in total. The molecule has 0 unspecified atom stereocenters. The Morgan fingerprint density at radius 1 is 1.11 bits per heavy atom. The van der Waals surface area contributed by atoms with Gasteiger partial charge in [-0.3, -0.25) is 14.6 Å². The number of anilines is 1. The molecule has 0 saturated carbocycles. The van der Waals surface area contributed by atoms with Crippen LogP contribution in [0.4, 0.5) is 5.69 Å². The van der Waals surface area contributed by atoms with Gasteiger partial charge in [0.25, 0.3) is 11.8 Å². The normalized spacial score (nSPS) is 13.6. The van der Waals surface area contributed by atoms with Gasteiger partial charge in [-0.2, -0.15) is 0 Å². The number of nitrogens with zero attached hydrogens (tertiary/aromatic N) is 2. The van der Waals surface area contributed by atoms with Gasteiger partial charge in [0.05, 0.1) is 18.4 Å². The van der Waals surface area contributed by atoms with Crippen LogP contribution in [0.3, 0.4) is 0 Å². The van der Waals surface area contributed by atoms with Crippen LogP contribution in [-0.4, -0.2) is 23.9 Å². The number of carbonyl (C=O) groups excluding carboxylic acids is 2. The molecule has 1 aliphatic rings. The molecular weight excluding hydrogens is 244 g/mol. The first-order valence-corrected chi connectivity index (χ1v) is 5.70. The molecule has 0 saturated heterocycles. The second-order valence-electron chi connectivity index (χ2n) is 4.05. The Kier molecular flexibility index (Phi) is 2.52. The maximum absolute atomic E-state index is 12.2. The highest BCUT2D eigenvalue weighted by molar-refractivity contribution is 6.33. The largest absolute Gasteiger partial charge is 0.497 e. The highest BCUT2D eigenvalue weighted by atomic mass is 16.5. The van der Waals surface area contributed by atoms with Crippen molar-refractivity contribution in [3.8, 4) is 5.75 Å². The van der Waals surface area contributed by atoms with Crippen molar-refractivity contribution in [3.63, 3.8) is 0 Å². The fourth-order valence-electron chi connectivity index (χ4n) is 2.05. The fraction of sp³-hybridized carbons (Fsp3) is 0.0714. The Balaban J connectivity index is 2.08. The molecule has 1 aromatic heterocycles. The standard InChI is InChI=1S/C14H10N2O3/c1-19-10-5-2-4-9(8-10)16-13(17)11-6-3-7-15-12(11)14(16)18/h2-8H,1H3. The number of carbonyl (C=O) groups is 2. The number of pyridine rings is 1. The van der Waals surface area contributed by atoms with Crippen molar-refractivity contribution < 1.29 is 14.3 Å². The van der Waals surface area contributed by atoms with Gasteiger partial charge in [0.15, 0.2) is 0 Å². The number of benzene rings is 1. The zero-order valence-electron chi connectivity index (χ0n) is 10.2. The summed E-state index contributed by atoms with van der Waals surface area (Å²) in [6.45, 7) is 0. The Hall–Kier alpha value is -2.69. The Labute approximate surface area is 109 Å². The van der Waals surface area contributed by atoms with Gasteiger partial charge in [0.2, 0.25) is 0 Å². The average molecular weight is 254 g/mol. The lowest BCUT2D eigenvalue weighted by Crippen LogP contribution is -2.29. The van der Waals surface area contributed by atoms with E-state index in [4.69, 9.17) is 4.74 Å². The maximum Gasteiger partial charge on any atom is 0.284 e. The molecule has 0 bridgehead atoms. The maximum atomic E-state index is 12.2. The number of imide groups is 1. The van der Waals surface area contributed by atoms with Gasteiger partial charge >= 0.3 is 0 Å². The number of hydrogen-bond acceptors (Lipinski definition) is 4. The molecule has 0 fully saturated rings. The third kappa shape index (κ3) is 1.67. The molecule has 19 heavy (non-hydrogen) atoms. The quantitative estimate of drug-likeness (QED) is 0.768. The van der Waals surface area contributed by atoms with E-state index in [1.165, 1.54) is 13.3 Å². The van der Waals surface area contributed by atoms with Crippen LogP contribution < -0.4 is 9.64 Å². The summed E-state index contributed by atoms with van der Waals surface area (Å²) in [5.74, 6) is -0.183. The van der Waals surface area contributed by atoms with Gasteiger partial charge < -0.3 is 4.74 Å². The summed E-state index contributed by atoms with van der Waals surface area (Å²) in [6, 6.07) is 10.0. The predicted molar refractivity (Wildman–Crippen MR) is 68.4 cm³/mol. The van der Waals surface area contributed by atoms with Crippen molar-refractivity contribution in [2.45, 2.75) is 0 Å². The highest BCUT2D eigenvalue weighted by Gasteiger charge is 2.37. The second-order valence-corrected chi connectivity index (χ2v) is 4.05. The van der Waals surface area contributed by atoms with Crippen molar-refractivity contribution in [1.82, 2.24) is 4.98 Å². The molecule has 0 aliphatic carbocycles. The van der Waals surface area contributed by atoms with Gasteiger partial charge in [0, 0.05) is 12.3 Å². The van der Waals surface area contributed by atoms with Crippen LogP contribution in [0.15, 0.2) is 42.6 Å². The summed E-state index contributed by atoms with van der Waals surface area (Å²) in [4.78, 5) is 29.5. The lowest BCUT2D eigenvalue weighted by atomic mass is 10.2. The molecule has 2 amide bonds. The van der Waals surface area contributed by atoms with Gasteiger partial charge in [-0.1, -0.05) is 6.07 Å². The van der Waals surface area contributed by atoms with E-state index in [0.717, 1.165) is 4.90 Å². The van der Waals surface area contributed by atoms with E-state index in [1.54, 1.807) is 36.4 Å². The number of aromatic nitrogens is 1. The summed E-state index contributed by atoms with van der Waals surface area (Å²) in [5.41, 5.74) is 0.998. The fourth-order valence-corrected chi connectivity index (χ4v) is 2.05. The van der Waals surface area contributed by atoms with Gasteiger partial charge in [-0.25, -0.2) is 4.90 Å². The smallest absolute Gasteiger partial charge is 0.284 e. The minimum atomic E-state index is -0.408. The topological polar surface area (TPSA) is 59.5 Å². The molecule has 5 nitrogen and oxygen atoms in total. The lowest BCUT2D eigenvalue weighted by Gasteiger charge is -2.14. The minimum absolute atomic E-state index is 0.190. The van der Waals surface area contributed by atoms with Crippen molar-refractivity contribution in [3.05, 3.63) is 53.9 Å². The zero-order valence-corrected chi connectivity index (χ0v) is 10.2. The number of fused-ring (bicyclic) bond motifs is 1. The summed E-state index contributed by atoms with van der Waals surface area (Å²) >= 11 is 0. The Bertz CT molecular complexity index is 647. The summed E-state index contributed by atoms with van der Waals surface area (Å²) < 4.78 is 5.10. The van der Waals surface area contributed by atoms with E-state index in [2.05, 4.69) is 4.98 Å². The molecule has 2 aromatic rings. The Morgan fingerprint density at radius 2 is 1.95 bits per heavy atom. The van der Waals surface area contributed by atoms with Gasteiger partial charge in [-0.05, 0) is 24.3 Å². The van der Waals surface area contributed by atoms with E-state index in [9.17, 15) is 9.59 Å². The molecule has 0 atom stereocenters. The summed E-state index contributed by atoms with van der Waals surface area (Å²) in [5, 5.41) is 0. The van der Waals surface area contributed by atoms with E-state index >= 15 is 0 Å². The number of methoxy groups -OCH3 is 1. The molecule has 2 heterocycles. The first kappa shape index (κ1) is 11.4. The molecule has 0 spiro atoms. The van der Waals surface area contributed by atoms with E-state index in [0.29, 0.717) is 17.0 Å². The molecule has 5 heteroatoms. The number of amides is 2. The molecular formula is C14H10N2O3. The van der Waals surface area contributed by atoms with E-state index in [1.807, 2.05) is 0 Å². The molecule has 94 valence electrons. The third-order valence-electron chi connectivity index (χ3n) is 2.96. The molecule has 0 radical (unpaired) electrons. The molecule has 3 rings (SSSR count). The molecule has 1 aromatic carbocycles. The van der Waals surface area contributed by atoms with Crippen LogP contribution in [0, 0.1) is 0 Å². The lowest BCUT2D eigenvalue weighted by molar-refractivity contribution is 0.0924. The van der Waals surface area contributed by atoms with Crippen molar-refractivity contribution in [2.24, 2.45) is 0 Å². The number of rotatable bonds is 2. The van der Waals surface area contributed by atoms with Gasteiger partial charge in [-0.15, -0.1) is 0 Å². The number of ether oxygens (including phenoxy) is 1. The predicted octanol–water partition coefficient (Wildman–Crippen LogP) is 1.89. The summed E-state index contributed by atoms with van der Waals surface area (Å²) in [7, 11) is 1.53. The second kappa shape index (κ2) is 4.20. The first-order chi connectivity index (χ1) is 9.22. The monoisotopic (exact) mass is 254 g/mol. The number of hydrogen-bond donors (Lipinski definition) is 0. The average Bonchev–Trinajstić information content (AvgIpc) is 2.72. The van der Waals surface area contributed by atoms with E-state index < -0.39 is 5.91 Å². The van der Waals surface area contributed by atoms with Crippen molar-refractivity contribution >= 4 is 17.5 Å². The van der Waals surface area contributed by atoms with Crippen LogP contribution >= 0.6 is 0 Å². The van der Waals surface area contributed by atoms with Crippen LogP contribution in [-0.2, 0) is 0 Å². The molecule has 1 aliphatic heterocycles. The SMILES string of the molecule is COc1cccc(N2C(=O)c3cccnc3C2=O)c1. The first-order valence-electron chi connectivity index (χ1n) is 5.70. The zero-order chi connectivity index (χ0) is 13.4. The van der Waals surface area contributed by atoms with Crippen LogP contribution in [0.25, 0.3) is 0 Å². The Morgan fingerprint density at radius 3 is 2.68 bits per heavy atom. The van der Waals surface area contributed by atoms with Crippen molar-refractivity contribution in [2.75, 3.05) is 12.0 Å². The minimum Gasteiger partial charge on any atom is -0.497 e. The van der Waals surface area contributed by atoms with Crippen LogP contribution in [0.5, 0.6) is 5.75 Å². The van der Waals surface area contributed by atoms with E-state index in [-0.39, 0.29) is 11.6 Å². The summed E-state index contributed by atoms with van der Waals surface area (Å²) in [6.07, 6.45) is 1.50. The highest BCUT2D eigenvalue weighted by Crippen LogP contribution is 2.29. The third-order valence-corrected chi connectivity index (χ3v) is 2.96. The van der Waals surface area contributed by atoms with Crippen LogP contribution in [0.2, 0.25) is 0 Å². The van der Waals surface area contributed by atoms with Gasteiger partial charge in [0.1, 0.15) is 11.4 Å². The van der Waals surface area contributed by atoms with Crippen molar-refractivity contribution in [1.29, 1.82) is 0 Å².